The van der Waals surface area contributed by atoms with Gasteiger partial charge in [-0.15, -0.1) is 0 Å². The largest absolute Gasteiger partial charge is 0.243 e. The first-order valence-electron chi connectivity index (χ1n) is 9.36. The lowest BCUT2D eigenvalue weighted by Gasteiger charge is -2.74. The third kappa shape index (κ3) is 1.08. The monoisotopic (exact) mass is 274 g/mol. The lowest BCUT2D eigenvalue weighted by Crippen LogP contribution is -2.71. The van der Waals surface area contributed by atoms with E-state index >= 15 is 4.39 Å². The number of halogens is 1. The van der Waals surface area contributed by atoms with Crippen molar-refractivity contribution < 1.29 is 4.39 Å². The molecule has 0 N–H and O–H groups in total. The van der Waals surface area contributed by atoms with Crippen LogP contribution in [0.4, 0.5) is 4.39 Å². The van der Waals surface area contributed by atoms with Crippen molar-refractivity contribution in [2.75, 3.05) is 0 Å². The van der Waals surface area contributed by atoms with Crippen LogP contribution in [-0.4, -0.2) is 5.67 Å². The van der Waals surface area contributed by atoms with Crippen molar-refractivity contribution in [2.45, 2.75) is 69.9 Å². The maximum atomic E-state index is 16.3. The van der Waals surface area contributed by atoms with Crippen molar-refractivity contribution in [3.63, 3.8) is 0 Å². The molecule has 0 aliphatic heterocycles. The second-order valence-electron chi connectivity index (χ2n) is 9.75. The van der Waals surface area contributed by atoms with Gasteiger partial charge in [-0.2, -0.15) is 0 Å². The molecule has 0 radical (unpaired) electrons. The molecule has 0 heterocycles. The standard InChI is InChI=1S/C19H27F/c20-18-9-13-2-14(10-18)8-17(7-13)19(18)15-3-11-1-12(5-15)6-16(19)4-11/h11-17H,1-10H2/t11?,12?,13-,14+,15?,16?,17?,18?,19?. The topological polar surface area (TPSA) is 0 Å². The lowest BCUT2D eigenvalue weighted by atomic mass is 9.31. The van der Waals surface area contributed by atoms with E-state index in [-0.39, 0.29) is 5.41 Å². The van der Waals surface area contributed by atoms with Crippen LogP contribution in [0.15, 0.2) is 0 Å². The molecule has 1 heteroatoms. The summed E-state index contributed by atoms with van der Waals surface area (Å²) in [6, 6.07) is 0. The summed E-state index contributed by atoms with van der Waals surface area (Å²) in [5.74, 6) is 5.87. The second-order valence-corrected chi connectivity index (χ2v) is 9.75. The van der Waals surface area contributed by atoms with Gasteiger partial charge in [-0.25, -0.2) is 4.39 Å². The fourth-order valence-corrected chi connectivity index (χ4v) is 9.37. The van der Waals surface area contributed by atoms with E-state index in [9.17, 15) is 0 Å². The summed E-state index contributed by atoms with van der Waals surface area (Å²) in [5.41, 5.74) is -0.557. The summed E-state index contributed by atoms with van der Waals surface area (Å²) in [6.45, 7) is 0. The molecule has 8 saturated carbocycles. The molecule has 0 aromatic heterocycles. The molecule has 0 nitrogen and oxygen atoms in total. The Morgan fingerprint density at radius 2 is 0.950 bits per heavy atom. The van der Waals surface area contributed by atoms with E-state index < -0.39 is 5.67 Å². The Morgan fingerprint density at radius 1 is 0.550 bits per heavy atom. The third-order valence-corrected chi connectivity index (χ3v) is 9.07. The van der Waals surface area contributed by atoms with Crippen LogP contribution in [0, 0.1) is 46.8 Å². The molecule has 20 heavy (non-hydrogen) atoms. The summed E-state index contributed by atoms with van der Waals surface area (Å²) < 4.78 is 16.3. The van der Waals surface area contributed by atoms with E-state index in [2.05, 4.69) is 0 Å². The molecular weight excluding hydrogens is 247 g/mol. The molecule has 2 unspecified atom stereocenters. The van der Waals surface area contributed by atoms with Gasteiger partial charge in [-0.3, -0.25) is 0 Å². The van der Waals surface area contributed by atoms with Crippen molar-refractivity contribution in [2.24, 2.45) is 46.8 Å². The van der Waals surface area contributed by atoms with Crippen LogP contribution in [0.25, 0.3) is 0 Å². The van der Waals surface area contributed by atoms with Crippen molar-refractivity contribution >= 4 is 0 Å². The summed E-state index contributed by atoms with van der Waals surface area (Å²) in [6.07, 6.45) is 13.2. The van der Waals surface area contributed by atoms with Crippen molar-refractivity contribution in [1.29, 1.82) is 0 Å². The molecule has 0 saturated heterocycles. The second kappa shape index (κ2) is 3.30. The minimum Gasteiger partial charge on any atom is -0.243 e. The van der Waals surface area contributed by atoms with Crippen molar-refractivity contribution in [3.05, 3.63) is 0 Å². The predicted molar refractivity (Wildman–Crippen MR) is 76.9 cm³/mol. The first-order chi connectivity index (χ1) is 9.67. The van der Waals surface area contributed by atoms with Crippen LogP contribution >= 0.6 is 0 Å². The average molecular weight is 274 g/mol. The Hall–Kier alpha value is -0.0700. The van der Waals surface area contributed by atoms with Crippen LogP contribution in [0.2, 0.25) is 0 Å². The fourth-order valence-electron chi connectivity index (χ4n) is 9.37. The zero-order chi connectivity index (χ0) is 13.1. The van der Waals surface area contributed by atoms with Crippen LogP contribution in [0.3, 0.4) is 0 Å². The van der Waals surface area contributed by atoms with Gasteiger partial charge in [0.1, 0.15) is 5.67 Å². The van der Waals surface area contributed by atoms with Crippen LogP contribution in [0.1, 0.15) is 64.2 Å². The highest BCUT2D eigenvalue weighted by Gasteiger charge is 2.74. The number of rotatable bonds is 0. The average Bonchev–Trinajstić information content (AvgIpc) is 2.34. The summed E-state index contributed by atoms with van der Waals surface area (Å²) in [5, 5.41) is 0. The van der Waals surface area contributed by atoms with Crippen molar-refractivity contribution in [1.82, 2.24) is 0 Å². The van der Waals surface area contributed by atoms with Crippen LogP contribution in [0.5, 0.6) is 0 Å². The highest BCUT2D eigenvalue weighted by Crippen LogP contribution is 2.77. The molecule has 8 aliphatic rings. The number of alkyl halides is 1. The first kappa shape index (κ1) is 11.5. The lowest BCUT2D eigenvalue weighted by molar-refractivity contribution is -0.283. The Morgan fingerprint density at radius 3 is 1.45 bits per heavy atom. The normalized spacial score (nSPS) is 69.2. The van der Waals surface area contributed by atoms with Gasteiger partial charge in [0.25, 0.3) is 0 Å². The van der Waals surface area contributed by atoms with Gasteiger partial charge in [-0.05, 0) is 106 Å². The molecule has 1 spiro atoms. The van der Waals surface area contributed by atoms with Crippen LogP contribution < -0.4 is 0 Å². The van der Waals surface area contributed by atoms with E-state index in [1.54, 1.807) is 0 Å². The molecule has 110 valence electrons. The fraction of sp³-hybridized carbons (Fsp3) is 1.00. The van der Waals surface area contributed by atoms with Gasteiger partial charge >= 0.3 is 0 Å². The molecular formula is C19H27F. The summed E-state index contributed by atoms with van der Waals surface area (Å²) in [4.78, 5) is 0. The van der Waals surface area contributed by atoms with E-state index in [1.165, 1.54) is 51.4 Å². The summed E-state index contributed by atoms with van der Waals surface area (Å²) >= 11 is 0. The zero-order valence-corrected chi connectivity index (χ0v) is 12.5. The highest BCUT2D eigenvalue weighted by molar-refractivity contribution is 5.22. The molecule has 8 rings (SSSR count). The van der Waals surface area contributed by atoms with Gasteiger partial charge in [-0.1, -0.05) is 0 Å². The Bertz CT molecular complexity index is 411. The van der Waals surface area contributed by atoms with Gasteiger partial charge < -0.3 is 0 Å². The maximum absolute atomic E-state index is 16.3. The molecule has 0 amide bonds. The van der Waals surface area contributed by atoms with E-state index in [0.29, 0.717) is 0 Å². The summed E-state index contributed by atoms with van der Waals surface area (Å²) in [7, 11) is 0. The molecule has 8 aliphatic carbocycles. The van der Waals surface area contributed by atoms with Gasteiger partial charge in [0, 0.05) is 5.41 Å². The zero-order valence-electron chi connectivity index (χ0n) is 12.5. The Kier molecular flexibility index (Phi) is 1.90. The molecule has 8 fully saturated rings. The molecule has 0 aromatic carbocycles. The minimum atomic E-state index is -0.732. The third-order valence-electron chi connectivity index (χ3n) is 9.07. The van der Waals surface area contributed by atoms with E-state index in [4.69, 9.17) is 0 Å². The Labute approximate surface area is 121 Å². The quantitative estimate of drug-likeness (QED) is 0.584. The smallest absolute Gasteiger partial charge is 0.118 e. The van der Waals surface area contributed by atoms with E-state index in [0.717, 1.165) is 54.3 Å². The predicted octanol–water partition coefficient (Wildman–Crippen LogP) is 4.98. The number of hydrogen-bond donors (Lipinski definition) is 0. The van der Waals surface area contributed by atoms with Gasteiger partial charge in [0.2, 0.25) is 0 Å². The molecule has 4 atom stereocenters. The molecule has 8 bridgehead atoms. The maximum Gasteiger partial charge on any atom is 0.118 e. The van der Waals surface area contributed by atoms with Gasteiger partial charge in [0.05, 0.1) is 0 Å². The minimum absolute atomic E-state index is 0.174. The first-order valence-corrected chi connectivity index (χ1v) is 9.36. The van der Waals surface area contributed by atoms with E-state index in [1.807, 2.05) is 0 Å². The van der Waals surface area contributed by atoms with Crippen LogP contribution in [-0.2, 0) is 0 Å². The highest BCUT2D eigenvalue weighted by atomic mass is 19.1. The molecule has 0 aromatic rings. The van der Waals surface area contributed by atoms with Gasteiger partial charge in [0.15, 0.2) is 0 Å². The number of hydrogen-bond acceptors (Lipinski definition) is 0. The SMILES string of the molecule is FC12C[C@@H]3CC(C[C@@H](C3)C1)C21C2CC3CC(C2)CC1C3. The Balaban J connectivity index is 1.52. The van der Waals surface area contributed by atoms with Crippen molar-refractivity contribution in [3.8, 4) is 0 Å².